The van der Waals surface area contributed by atoms with Gasteiger partial charge in [-0.15, -0.1) is 11.6 Å². The molecule has 0 saturated heterocycles. The summed E-state index contributed by atoms with van der Waals surface area (Å²) < 4.78 is 5.50. The van der Waals surface area contributed by atoms with E-state index < -0.39 is 0 Å². The van der Waals surface area contributed by atoms with Gasteiger partial charge in [0.2, 0.25) is 0 Å². The highest BCUT2D eigenvalue weighted by molar-refractivity contribution is 6.18. The Morgan fingerprint density at radius 1 is 1.14 bits per heavy atom. The molecule has 2 heteroatoms. The van der Waals surface area contributed by atoms with E-state index in [4.69, 9.17) is 16.3 Å². The predicted octanol–water partition coefficient (Wildman–Crippen LogP) is 4.05. The summed E-state index contributed by atoms with van der Waals surface area (Å²) in [6.45, 7) is 7.64. The third-order valence-electron chi connectivity index (χ3n) is 2.20. The Morgan fingerprint density at radius 2 is 1.79 bits per heavy atom. The minimum Gasteiger partial charge on any atom is -0.381 e. The predicted molar refractivity (Wildman–Crippen MR) is 63.8 cm³/mol. The van der Waals surface area contributed by atoms with Gasteiger partial charge in [0.15, 0.2) is 0 Å². The minimum absolute atomic E-state index is 0.489. The SMILES string of the molecule is [CH2]CCCCCCCOCC(C)CCl. The number of alkyl halides is 1. The molecular formula is C12H24ClO. The summed E-state index contributed by atoms with van der Waals surface area (Å²) in [6, 6.07) is 0. The molecule has 0 bridgehead atoms. The van der Waals surface area contributed by atoms with E-state index in [2.05, 4.69) is 13.8 Å². The molecule has 0 N–H and O–H groups in total. The number of hydrogen-bond donors (Lipinski definition) is 0. The number of ether oxygens (including phenoxy) is 1. The quantitative estimate of drug-likeness (QED) is 0.398. The Labute approximate surface area is 94.2 Å². The second-order valence-electron chi connectivity index (χ2n) is 3.96. The molecule has 1 radical (unpaired) electrons. The Kier molecular flexibility index (Phi) is 11.5. The van der Waals surface area contributed by atoms with E-state index in [9.17, 15) is 0 Å². The highest BCUT2D eigenvalue weighted by Crippen LogP contribution is 2.05. The lowest BCUT2D eigenvalue weighted by molar-refractivity contribution is 0.107. The van der Waals surface area contributed by atoms with Crippen molar-refractivity contribution >= 4 is 11.6 Å². The lowest BCUT2D eigenvalue weighted by Crippen LogP contribution is -2.07. The van der Waals surface area contributed by atoms with E-state index in [1.165, 1.54) is 32.1 Å². The van der Waals surface area contributed by atoms with Gasteiger partial charge in [0.05, 0.1) is 6.61 Å². The topological polar surface area (TPSA) is 9.23 Å². The van der Waals surface area contributed by atoms with Crippen molar-refractivity contribution in [3.63, 3.8) is 0 Å². The van der Waals surface area contributed by atoms with Crippen LogP contribution >= 0.6 is 11.6 Å². The Bertz CT molecular complexity index is 106. The summed E-state index contributed by atoms with van der Waals surface area (Å²) in [5, 5.41) is 0. The normalized spacial score (nSPS) is 13.1. The summed E-state index contributed by atoms with van der Waals surface area (Å²) in [7, 11) is 0. The Morgan fingerprint density at radius 3 is 2.43 bits per heavy atom. The van der Waals surface area contributed by atoms with E-state index in [1.807, 2.05) is 0 Å². The fourth-order valence-electron chi connectivity index (χ4n) is 1.24. The fourth-order valence-corrected chi connectivity index (χ4v) is 1.33. The van der Waals surface area contributed by atoms with Crippen LogP contribution in [-0.4, -0.2) is 19.1 Å². The molecule has 1 unspecified atom stereocenters. The van der Waals surface area contributed by atoms with Crippen LogP contribution in [0.1, 0.15) is 45.4 Å². The summed E-state index contributed by atoms with van der Waals surface area (Å²) in [4.78, 5) is 0. The minimum atomic E-state index is 0.489. The van der Waals surface area contributed by atoms with Crippen molar-refractivity contribution in [1.29, 1.82) is 0 Å². The molecule has 85 valence electrons. The first-order valence-electron chi connectivity index (χ1n) is 5.74. The van der Waals surface area contributed by atoms with Crippen molar-refractivity contribution in [2.75, 3.05) is 19.1 Å². The zero-order valence-corrected chi connectivity index (χ0v) is 10.2. The second kappa shape index (κ2) is 11.3. The average molecular weight is 220 g/mol. The van der Waals surface area contributed by atoms with Crippen molar-refractivity contribution in [3.8, 4) is 0 Å². The van der Waals surface area contributed by atoms with Crippen LogP contribution in [0.3, 0.4) is 0 Å². The van der Waals surface area contributed by atoms with Crippen LogP contribution in [-0.2, 0) is 4.74 Å². The number of halogens is 1. The third-order valence-corrected chi connectivity index (χ3v) is 2.73. The first kappa shape index (κ1) is 14.2. The Hall–Kier alpha value is 0.250. The maximum atomic E-state index is 5.66. The van der Waals surface area contributed by atoms with Crippen LogP contribution in [0.15, 0.2) is 0 Å². The molecule has 1 atom stereocenters. The lowest BCUT2D eigenvalue weighted by Gasteiger charge is -2.08. The monoisotopic (exact) mass is 219 g/mol. The van der Waals surface area contributed by atoms with Crippen LogP contribution in [0.2, 0.25) is 0 Å². The van der Waals surface area contributed by atoms with Gasteiger partial charge in [0.25, 0.3) is 0 Å². The van der Waals surface area contributed by atoms with Crippen molar-refractivity contribution < 1.29 is 4.74 Å². The van der Waals surface area contributed by atoms with Gasteiger partial charge in [0, 0.05) is 12.5 Å². The van der Waals surface area contributed by atoms with Gasteiger partial charge in [-0.1, -0.05) is 46.0 Å². The molecule has 0 spiro atoms. The van der Waals surface area contributed by atoms with Crippen LogP contribution in [0.4, 0.5) is 0 Å². The molecule has 14 heavy (non-hydrogen) atoms. The zero-order chi connectivity index (χ0) is 10.6. The lowest BCUT2D eigenvalue weighted by atomic mass is 10.1. The number of hydrogen-bond acceptors (Lipinski definition) is 1. The molecule has 0 aliphatic rings. The molecule has 0 aliphatic carbocycles. The molecule has 0 aromatic rings. The molecule has 0 aliphatic heterocycles. The van der Waals surface area contributed by atoms with Crippen LogP contribution in [0, 0.1) is 12.8 Å². The van der Waals surface area contributed by atoms with E-state index in [0.29, 0.717) is 11.8 Å². The van der Waals surface area contributed by atoms with Crippen LogP contribution < -0.4 is 0 Å². The fraction of sp³-hybridized carbons (Fsp3) is 0.917. The van der Waals surface area contributed by atoms with Crippen LogP contribution in [0.25, 0.3) is 0 Å². The van der Waals surface area contributed by atoms with Crippen molar-refractivity contribution in [2.45, 2.75) is 45.4 Å². The van der Waals surface area contributed by atoms with E-state index in [0.717, 1.165) is 19.6 Å². The van der Waals surface area contributed by atoms with Crippen molar-refractivity contribution in [2.24, 2.45) is 5.92 Å². The molecule has 0 aromatic carbocycles. The first-order valence-corrected chi connectivity index (χ1v) is 6.27. The number of rotatable bonds is 10. The Balaban J connectivity index is 2.92. The third kappa shape index (κ3) is 10.3. The molecule has 0 amide bonds. The highest BCUT2D eigenvalue weighted by Gasteiger charge is 1.98. The van der Waals surface area contributed by atoms with E-state index >= 15 is 0 Å². The zero-order valence-electron chi connectivity index (χ0n) is 9.43. The molecule has 0 heterocycles. The largest absolute Gasteiger partial charge is 0.381 e. The summed E-state index contributed by atoms with van der Waals surface area (Å²) in [5.41, 5.74) is 0. The molecular weight excluding hydrogens is 196 g/mol. The van der Waals surface area contributed by atoms with Gasteiger partial charge >= 0.3 is 0 Å². The van der Waals surface area contributed by atoms with Crippen LogP contribution in [0.5, 0.6) is 0 Å². The van der Waals surface area contributed by atoms with E-state index in [1.54, 1.807) is 0 Å². The van der Waals surface area contributed by atoms with Crippen molar-refractivity contribution in [1.82, 2.24) is 0 Å². The molecule has 0 fully saturated rings. The van der Waals surface area contributed by atoms with Gasteiger partial charge in [-0.3, -0.25) is 0 Å². The number of unbranched alkanes of at least 4 members (excludes halogenated alkanes) is 5. The average Bonchev–Trinajstić information content (AvgIpc) is 2.21. The molecule has 0 rings (SSSR count). The van der Waals surface area contributed by atoms with Gasteiger partial charge in [0.1, 0.15) is 0 Å². The second-order valence-corrected chi connectivity index (χ2v) is 4.26. The standard InChI is InChI=1S/C12H24ClO/c1-3-4-5-6-7-8-9-14-11-12(2)10-13/h12H,1,3-11H2,2H3. The summed E-state index contributed by atoms with van der Waals surface area (Å²) in [5.74, 6) is 1.19. The maximum absolute atomic E-state index is 5.66. The molecule has 0 aromatic heterocycles. The summed E-state index contributed by atoms with van der Waals surface area (Å²) in [6.07, 6.45) is 7.46. The van der Waals surface area contributed by atoms with Gasteiger partial charge in [-0.2, -0.15) is 0 Å². The molecule has 0 saturated carbocycles. The first-order chi connectivity index (χ1) is 6.81. The smallest absolute Gasteiger partial charge is 0.0503 e. The maximum Gasteiger partial charge on any atom is 0.0503 e. The van der Waals surface area contributed by atoms with Gasteiger partial charge in [-0.05, 0) is 12.3 Å². The van der Waals surface area contributed by atoms with E-state index in [-0.39, 0.29) is 0 Å². The summed E-state index contributed by atoms with van der Waals surface area (Å²) >= 11 is 5.66. The molecule has 1 nitrogen and oxygen atoms in total. The highest BCUT2D eigenvalue weighted by atomic mass is 35.5. The van der Waals surface area contributed by atoms with Gasteiger partial charge in [-0.25, -0.2) is 0 Å². The van der Waals surface area contributed by atoms with Crippen molar-refractivity contribution in [3.05, 3.63) is 6.92 Å². The van der Waals surface area contributed by atoms with Gasteiger partial charge < -0.3 is 4.74 Å².